The van der Waals surface area contributed by atoms with Gasteiger partial charge in [0.05, 0.1) is 21.1 Å². The van der Waals surface area contributed by atoms with E-state index in [1.54, 1.807) is 11.3 Å². The number of para-hydroxylation sites is 1. The number of rotatable bonds is 4. The van der Waals surface area contributed by atoms with Crippen LogP contribution in [0.2, 0.25) is 0 Å². The van der Waals surface area contributed by atoms with Gasteiger partial charge in [0, 0.05) is 18.5 Å². The number of hydrogen-bond donors (Lipinski definition) is 2. The molecule has 1 aromatic carbocycles. The lowest BCUT2D eigenvalue weighted by atomic mass is 9.84. The standard InChI is InChI=1S/C18H23N3OS/c1-10(8-15-21-13-4-2-3-5-14(13)23-15)20-18(22)16-11-6-7-12(9-11)17(16)19/h2-5,10-12,16-17H,6-9,19H2,1H3,(H,20,22). The van der Waals surface area contributed by atoms with Gasteiger partial charge in [-0.05, 0) is 50.2 Å². The summed E-state index contributed by atoms with van der Waals surface area (Å²) in [6.45, 7) is 2.06. The molecule has 2 fully saturated rings. The molecule has 122 valence electrons. The molecule has 0 saturated heterocycles. The van der Waals surface area contributed by atoms with Crippen molar-refractivity contribution in [2.45, 2.75) is 44.7 Å². The van der Waals surface area contributed by atoms with Crippen LogP contribution in [0.1, 0.15) is 31.2 Å². The van der Waals surface area contributed by atoms with Crippen LogP contribution < -0.4 is 11.1 Å². The lowest BCUT2D eigenvalue weighted by Crippen LogP contribution is -2.47. The number of carbonyl (C=O) groups excluding carboxylic acids is 1. The van der Waals surface area contributed by atoms with Crippen LogP contribution in [0.5, 0.6) is 0 Å². The highest BCUT2D eigenvalue weighted by molar-refractivity contribution is 7.18. The number of nitrogens with two attached hydrogens (primary N) is 1. The second kappa shape index (κ2) is 5.87. The lowest BCUT2D eigenvalue weighted by Gasteiger charge is -2.28. The fraction of sp³-hybridized carbons (Fsp3) is 0.556. The van der Waals surface area contributed by atoms with Crippen molar-refractivity contribution >= 4 is 27.5 Å². The third kappa shape index (κ3) is 2.76. The van der Waals surface area contributed by atoms with Crippen LogP contribution in [0, 0.1) is 17.8 Å². The number of aromatic nitrogens is 1. The van der Waals surface area contributed by atoms with Crippen LogP contribution in [-0.4, -0.2) is 23.0 Å². The summed E-state index contributed by atoms with van der Waals surface area (Å²) in [7, 11) is 0. The molecular formula is C18H23N3OS. The lowest BCUT2D eigenvalue weighted by molar-refractivity contribution is -0.127. The summed E-state index contributed by atoms with van der Waals surface area (Å²) in [6.07, 6.45) is 4.30. The molecule has 0 spiro atoms. The van der Waals surface area contributed by atoms with Crippen LogP contribution in [-0.2, 0) is 11.2 Å². The van der Waals surface area contributed by atoms with Crippen molar-refractivity contribution in [1.29, 1.82) is 0 Å². The maximum atomic E-state index is 12.6. The molecule has 2 aromatic rings. The van der Waals surface area contributed by atoms with E-state index < -0.39 is 0 Å². The first-order valence-electron chi connectivity index (χ1n) is 8.52. The van der Waals surface area contributed by atoms with Crippen LogP contribution in [0.3, 0.4) is 0 Å². The van der Waals surface area contributed by atoms with Crippen molar-refractivity contribution in [1.82, 2.24) is 10.3 Å². The van der Waals surface area contributed by atoms with Crippen molar-refractivity contribution in [3.05, 3.63) is 29.3 Å². The molecule has 2 aliphatic rings. The second-order valence-corrected chi connectivity index (χ2v) is 8.24. The summed E-state index contributed by atoms with van der Waals surface area (Å²) in [4.78, 5) is 17.3. The van der Waals surface area contributed by atoms with E-state index >= 15 is 0 Å². The van der Waals surface area contributed by atoms with E-state index in [1.807, 2.05) is 18.2 Å². The number of fused-ring (bicyclic) bond motifs is 3. The summed E-state index contributed by atoms with van der Waals surface area (Å²) in [5.74, 6) is 1.24. The third-order valence-corrected chi connectivity index (χ3v) is 6.55. The molecule has 23 heavy (non-hydrogen) atoms. The summed E-state index contributed by atoms with van der Waals surface area (Å²) in [5, 5.41) is 4.26. The van der Waals surface area contributed by atoms with Crippen molar-refractivity contribution in [2.75, 3.05) is 0 Å². The minimum Gasteiger partial charge on any atom is -0.353 e. The minimum atomic E-state index is 0.0200. The Hall–Kier alpha value is -1.46. The van der Waals surface area contributed by atoms with Gasteiger partial charge < -0.3 is 11.1 Å². The fourth-order valence-electron chi connectivity index (χ4n) is 4.38. The van der Waals surface area contributed by atoms with E-state index in [9.17, 15) is 4.79 Å². The van der Waals surface area contributed by atoms with Crippen molar-refractivity contribution in [3.63, 3.8) is 0 Å². The molecule has 1 aromatic heterocycles. The summed E-state index contributed by atoms with van der Waals surface area (Å²) in [6, 6.07) is 8.32. The highest BCUT2D eigenvalue weighted by Crippen LogP contribution is 2.47. The molecule has 2 bridgehead atoms. The Morgan fingerprint density at radius 2 is 2.17 bits per heavy atom. The largest absolute Gasteiger partial charge is 0.353 e. The van der Waals surface area contributed by atoms with E-state index in [4.69, 9.17) is 5.73 Å². The summed E-state index contributed by atoms with van der Waals surface area (Å²) < 4.78 is 1.20. The summed E-state index contributed by atoms with van der Waals surface area (Å²) >= 11 is 1.71. The zero-order chi connectivity index (χ0) is 16.0. The fourth-order valence-corrected chi connectivity index (χ4v) is 5.48. The minimum absolute atomic E-state index is 0.0200. The van der Waals surface area contributed by atoms with E-state index in [1.165, 1.54) is 17.5 Å². The summed E-state index contributed by atoms with van der Waals surface area (Å²) in [5.41, 5.74) is 7.32. The molecule has 0 aliphatic heterocycles. The first-order valence-corrected chi connectivity index (χ1v) is 9.34. The Bertz CT molecular complexity index is 693. The molecule has 5 unspecified atom stereocenters. The van der Waals surface area contributed by atoms with Crippen LogP contribution >= 0.6 is 11.3 Å². The normalized spacial score (nSPS) is 30.7. The zero-order valence-corrected chi connectivity index (χ0v) is 14.2. The molecule has 5 atom stereocenters. The second-order valence-electron chi connectivity index (χ2n) is 7.13. The number of amides is 1. The quantitative estimate of drug-likeness (QED) is 0.906. The van der Waals surface area contributed by atoms with Gasteiger partial charge in [0.25, 0.3) is 0 Å². The highest BCUT2D eigenvalue weighted by Gasteiger charge is 2.49. The van der Waals surface area contributed by atoms with Crippen LogP contribution in [0.25, 0.3) is 10.2 Å². The number of benzene rings is 1. The van der Waals surface area contributed by atoms with Gasteiger partial charge in [-0.15, -0.1) is 11.3 Å². The molecular weight excluding hydrogens is 306 g/mol. The molecule has 0 radical (unpaired) electrons. The van der Waals surface area contributed by atoms with Gasteiger partial charge in [-0.3, -0.25) is 4.79 Å². The Kier molecular flexibility index (Phi) is 3.85. The first-order chi connectivity index (χ1) is 11.1. The van der Waals surface area contributed by atoms with Gasteiger partial charge in [0.1, 0.15) is 0 Å². The topological polar surface area (TPSA) is 68.0 Å². The Balaban J connectivity index is 1.39. The van der Waals surface area contributed by atoms with Gasteiger partial charge in [0.2, 0.25) is 5.91 Å². The van der Waals surface area contributed by atoms with Crippen LogP contribution in [0.4, 0.5) is 0 Å². The van der Waals surface area contributed by atoms with Gasteiger partial charge in [0.15, 0.2) is 0 Å². The highest BCUT2D eigenvalue weighted by atomic mass is 32.1. The zero-order valence-electron chi connectivity index (χ0n) is 13.4. The Morgan fingerprint density at radius 1 is 1.39 bits per heavy atom. The van der Waals surface area contributed by atoms with Crippen molar-refractivity contribution in [2.24, 2.45) is 23.5 Å². The van der Waals surface area contributed by atoms with E-state index in [-0.39, 0.29) is 23.9 Å². The van der Waals surface area contributed by atoms with Gasteiger partial charge in [-0.2, -0.15) is 0 Å². The molecule has 2 saturated carbocycles. The van der Waals surface area contributed by atoms with Crippen LogP contribution in [0.15, 0.2) is 24.3 Å². The first kappa shape index (κ1) is 15.1. The molecule has 1 heterocycles. The number of nitrogens with one attached hydrogen (secondary N) is 1. The maximum absolute atomic E-state index is 12.6. The number of thiazole rings is 1. The predicted octanol–water partition coefficient (Wildman–Crippen LogP) is 2.72. The number of hydrogen-bond acceptors (Lipinski definition) is 4. The molecule has 5 heteroatoms. The maximum Gasteiger partial charge on any atom is 0.225 e. The van der Waals surface area contributed by atoms with Crippen molar-refractivity contribution < 1.29 is 4.79 Å². The van der Waals surface area contributed by atoms with Gasteiger partial charge >= 0.3 is 0 Å². The predicted molar refractivity (Wildman–Crippen MR) is 93.2 cm³/mol. The molecule has 3 N–H and O–H groups in total. The third-order valence-electron chi connectivity index (χ3n) is 5.49. The van der Waals surface area contributed by atoms with E-state index in [2.05, 4.69) is 23.3 Å². The van der Waals surface area contributed by atoms with Crippen molar-refractivity contribution in [3.8, 4) is 0 Å². The molecule has 4 rings (SSSR count). The van der Waals surface area contributed by atoms with Gasteiger partial charge in [-0.25, -0.2) is 4.98 Å². The average Bonchev–Trinajstić information content (AvgIpc) is 3.19. The molecule has 2 aliphatic carbocycles. The Morgan fingerprint density at radius 3 is 2.91 bits per heavy atom. The number of carbonyl (C=O) groups is 1. The smallest absolute Gasteiger partial charge is 0.225 e. The Labute approximate surface area is 140 Å². The van der Waals surface area contributed by atoms with E-state index in [0.29, 0.717) is 11.8 Å². The average molecular weight is 329 g/mol. The molecule has 4 nitrogen and oxygen atoms in total. The molecule has 1 amide bonds. The van der Waals surface area contributed by atoms with E-state index in [0.717, 1.165) is 23.4 Å². The number of nitrogens with zero attached hydrogens (tertiary/aromatic N) is 1. The monoisotopic (exact) mass is 329 g/mol. The van der Waals surface area contributed by atoms with Gasteiger partial charge in [-0.1, -0.05) is 12.1 Å². The SMILES string of the molecule is CC(Cc1nc2ccccc2s1)NC(=O)C1C2CCC(C2)C1N.